The molecule has 154 valence electrons. The average molecular weight is 440 g/mol. The molecule has 0 unspecified atom stereocenters. The van der Waals surface area contributed by atoms with Crippen LogP contribution in [0, 0.1) is 6.92 Å². The second-order valence-electron chi connectivity index (χ2n) is 6.66. The van der Waals surface area contributed by atoms with E-state index in [2.05, 4.69) is 4.98 Å². The van der Waals surface area contributed by atoms with E-state index in [9.17, 15) is 9.59 Å². The number of amides is 1. The lowest BCUT2D eigenvalue weighted by atomic mass is 10.2. The Morgan fingerprint density at radius 2 is 1.93 bits per heavy atom. The number of ether oxygens (including phenoxy) is 1. The molecule has 0 N–H and O–H groups in total. The molecule has 0 aliphatic carbocycles. The zero-order chi connectivity index (χ0) is 21.1. The van der Waals surface area contributed by atoms with Gasteiger partial charge in [0.25, 0.3) is 0 Å². The van der Waals surface area contributed by atoms with E-state index in [0.717, 1.165) is 38.7 Å². The Hall–Kier alpha value is -2.97. The van der Waals surface area contributed by atoms with E-state index in [-0.39, 0.29) is 17.2 Å². The SMILES string of the molecule is CCOc1ccc(N(C(=O)CCn2c(C)csc2=O)c2nc3ccccc3s2)cc1. The highest BCUT2D eigenvalue weighted by Gasteiger charge is 2.22. The molecule has 8 heteroatoms. The molecule has 2 heterocycles. The molecule has 2 aromatic carbocycles. The fourth-order valence-electron chi connectivity index (χ4n) is 3.17. The molecule has 0 atom stereocenters. The van der Waals surface area contributed by atoms with Gasteiger partial charge in [0.1, 0.15) is 5.75 Å². The number of anilines is 2. The van der Waals surface area contributed by atoms with Crippen LogP contribution >= 0.6 is 22.7 Å². The van der Waals surface area contributed by atoms with Crippen LogP contribution < -0.4 is 14.5 Å². The lowest BCUT2D eigenvalue weighted by molar-refractivity contribution is -0.118. The number of nitrogens with zero attached hydrogens (tertiary/aromatic N) is 3. The Morgan fingerprint density at radius 1 is 1.17 bits per heavy atom. The molecule has 1 amide bonds. The Bertz CT molecular complexity index is 1190. The quantitative estimate of drug-likeness (QED) is 0.407. The minimum absolute atomic E-state index is 0.0482. The normalized spacial score (nSPS) is 11.0. The highest BCUT2D eigenvalue weighted by atomic mass is 32.1. The van der Waals surface area contributed by atoms with Crippen LogP contribution in [0.2, 0.25) is 0 Å². The lowest BCUT2D eigenvalue weighted by Gasteiger charge is -2.20. The third-order valence-electron chi connectivity index (χ3n) is 4.65. The van der Waals surface area contributed by atoms with Crippen LogP contribution in [0.1, 0.15) is 19.0 Å². The summed E-state index contributed by atoms with van der Waals surface area (Å²) in [5.41, 5.74) is 2.44. The van der Waals surface area contributed by atoms with Gasteiger partial charge in [-0.1, -0.05) is 34.8 Å². The molecule has 0 aliphatic rings. The number of carbonyl (C=O) groups excluding carboxylic acids is 1. The van der Waals surface area contributed by atoms with E-state index in [1.54, 1.807) is 9.47 Å². The molecule has 0 aliphatic heterocycles. The topological polar surface area (TPSA) is 64.4 Å². The van der Waals surface area contributed by atoms with Crippen LogP contribution in [0.4, 0.5) is 10.8 Å². The number of hydrogen-bond donors (Lipinski definition) is 0. The van der Waals surface area contributed by atoms with Gasteiger partial charge in [-0.2, -0.15) is 0 Å². The smallest absolute Gasteiger partial charge is 0.307 e. The zero-order valence-corrected chi connectivity index (χ0v) is 18.3. The van der Waals surface area contributed by atoms with Crippen molar-refractivity contribution in [2.24, 2.45) is 0 Å². The number of carbonyl (C=O) groups is 1. The molecule has 0 radical (unpaired) electrons. The van der Waals surface area contributed by atoms with Gasteiger partial charge in [-0.05, 0) is 50.2 Å². The van der Waals surface area contributed by atoms with Crippen LogP contribution in [0.5, 0.6) is 5.75 Å². The summed E-state index contributed by atoms with van der Waals surface area (Å²) in [6.07, 6.45) is 0.195. The van der Waals surface area contributed by atoms with Crippen molar-refractivity contribution in [3.05, 3.63) is 69.3 Å². The molecule has 0 saturated heterocycles. The maximum absolute atomic E-state index is 13.3. The number of para-hydroxylation sites is 1. The van der Waals surface area contributed by atoms with Crippen LogP contribution in [0.25, 0.3) is 10.2 Å². The summed E-state index contributed by atoms with van der Waals surface area (Å²) in [6, 6.07) is 15.2. The minimum Gasteiger partial charge on any atom is -0.494 e. The fraction of sp³-hybridized carbons (Fsp3) is 0.227. The summed E-state index contributed by atoms with van der Waals surface area (Å²) < 4.78 is 8.18. The van der Waals surface area contributed by atoms with Crippen molar-refractivity contribution in [2.75, 3.05) is 11.5 Å². The van der Waals surface area contributed by atoms with Crippen LogP contribution in [-0.2, 0) is 11.3 Å². The van der Waals surface area contributed by atoms with E-state index < -0.39 is 0 Å². The van der Waals surface area contributed by atoms with Gasteiger partial charge in [-0.15, -0.1) is 0 Å². The van der Waals surface area contributed by atoms with Gasteiger partial charge in [-0.25, -0.2) is 4.98 Å². The number of aromatic nitrogens is 2. The number of aryl methyl sites for hydroxylation is 1. The van der Waals surface area contributed by atoms with E-state index in [1.807, 2.05) is 67.8 Å². The van der Waals surface area contributed by atoms with Gasteiger partial charge in [-0.3, -0.25) is 14.5 Å². The number of fused-ring (bicyclic) bond motifs is 1. The number of thiazole rings is 2. The molecule has 0 spiro atoms. The Kier molecular flexibility index (Phi) is 5.96. The third kappa shape index (κ3) is 4.15. The predicted molar refractivity (Wildman–Crippen MR) is 122 cm³/mol. The second kappa shape index (κ2) is 8.81. The zero-order valence-electron chi connectivity index (χ0n) is 16.7. The Morgan fingerprint density at radius 3 is 2.60 bits per heavy atom. The van der Waals surface area contributed by atoms with E-state index in [0.29, 0.717) is 18.3 Å². The van der Waals surface area contributed by atoms with E-state index in [1.165, 1.54) is 11.3 Å². The molecular formula is C22H21N3O3S2. The van der Waals surface area contributed by atoms with Crippen molar-refractivity contribution in [1.29, 1.82) is 0 Å². The van der Waals surface area contributed by atoms with Gasteiger partial charge < -0.3 is 9.30 Å². The number of hydrogen-bond acceptors (Lipinski definition) is 6. The van der Waals surface area contributed by atoms with Gasteiger partial charge in [0, 0.05) is 24.0 Å². The summed E-state index contributed by atoms with van der Waals surface area (Å²) in [5, 5.41) is 2.42. The first-order valence-corrected chi connectivity index (χ1v) is 11.3. The standard InChI is InChI=1S/C22H21N3O3S2/c1-3-28-17-10-8-16(9-11-17)25(21-23-18-6-4-5-7-19(18)30-21)20(26)12-13-24-15(2)14-29-22(24)27/h4-11,14H,3,12-13H2,1-2H3. The van der Waals surface area contributed by atoms with Crippen molar-refractivity contribution in [2.45, 2.75) is 26.8 Å². The second-order valence-corrected chi connectivity index (χ2v) is 8.49. The summed E-state index contributed by atoms with van der Waals surface area (Å²) in [6.45, 7) is 4.72. The molecule has 0 saturated carbocycles. The first-order chi connectivity index (χ1) is 14.6. The van der Waals surface area contributed by atoms with Gasteiger partial charge in [0.2, 0.25) is 5.91 Å². The number of rotatable bonds is 7. The third-order valence-corrected chi connectivity index (χ3v) is 6.56. The van der Waals surface area contributed by atoms with Crippen LogP contribution in [0.15, 0.2) is 58.7 Å². The maximum Gasteiger partial charge on any atom is 0.307 e. The van der Waals surface area contributed by atoms with Crippen LogP contribution in [-0.4, -0.2) is 22.1 Å². The van der Waals surface area contributed by atoms with Crippen molar-refractivity contribution in [3.8, 4) is 5.75 Å². The van der Waals surface area contributed by atoms with Crippen LogP contribution in [0.3, 0.4) is 0 Å². The highest BCUT2D eigenvalue weighted by molar-refractivity contribution is 7.22. The van der Waals surface area contributed by atoms with Gasteiger partial charge in [0.15, 0.2) is 5.13 Å². The average Bonchev–Trinajstić information content (AvgIpc) is 3.31. The maximum atomic E-state index is 13.3. The Balaban J connectivity index is 1.67. The summed E-state index contributed by atoms with van der Waals surface area (Å²) in [5.74, 6) is 0.633. The lowest BCUT2D eigenvalue weighted by Crippen LogP contribution is -2.28. The predicted octanol–water partition coefficient (Wildman–Crippen LogP) is 4.98. The monoisotopic (exact) mass is 439 g/mol. The fourth-order valence-corrected chi connectivity index (χ4v) is 4.93. The molecular weight excluding hydrogens is 418 g/mol. The molecule has 0 fully saturated rings. The van der Waals surface area contributed by atoms with E-state index in [4.69, 9.17) is 4.74 Å². The minimum atomic E-state index is -0.115. The van der Waals surface area contributed by atoms with Gasteiger partial charge in [0.05, 0.1) is 22.5 Å². The Labute approximate surface area is 182 Å². The summed E-state index contributed by atoms with van der Waals surface area (Å²) in [7, 11) is 0. The molecule has 6 nitrogen and oxygen atoms in total. The molecule has 30 heavy (non-hydrogen) atoms. The number of benzene rings is 2. The van der Waals surface area contributed by atoms with Crippen molar-refractivity contribution in [3.63, 3.8) is 0 Å². The first-order valence-electron chi connectivity index (χ1n) is 9.63. The molecule has 4 aromatic rings. The largest absolute Gasteiger partial charge is 0.494 e. The molecule has 0 bridgehead atoms. The van der Waals surface area contributed by atoms with E-state index >= 15 is 0 Å². The highest BCUT2D eigenvalue weighted by Crippen LogP contribution is 2.34. The van der Waals surface area contributed by atoms with Crippen molar-refractivity contribution < 1.29 is 9.53 Å². The first kappa shape index (κ1) is 20.3. The van der Waals surface area contributed by atoms with Gasteiger partial charge >= 0.3 is 4.87 Å². The van der Waals surface area contributed by atoms with Crippen molar-refractivity contribution >= 4 is 49.6 Å². The molecule has 4 rings (SSSR count). The summed E-state index contributed by atoms with van der Waals surface area (Å²) in [4.78, 5) is 31.6. The molecule has 2 aromatic heterocycles. The summed E-state index contributed by atoms with van der Waals surface area (Å²) >= 11 is 2.62. The van der Waals surface area contributed by atoms with Crippen molar-refractivity contribution in [1.82, 2.24) is 9.55 Å².